The van der Waals surface area contributed by atoms with Crippen LogP contribution in [0.25, 0.3) is 0 Å². The number of nitrogens with zero attached hydrogens (tertiary/aromatic N) is 1. The molecule has 1 aromatic heterocycles. The Kier molecular flexibility index (Phi) is 3.30. The fourth-order valence-corrected chi connectivity index (χ4v) is 2.99. The largest absolute Gasteiger partial charge is 0.465 e. The van der Waals surface area contributed by atoms with E-state index < -0.39 is 5.97 Å². The lowest BCUT2D eigenvalue weighted by molar-refractivity contribution is -0.116. The highest BCUT2D eigenvalue weighted by Crippen LogP contribution is 2.33. The highest BCUT2D eigenvalue weighted by molar-refractivity contribution is 9.10. The molecule has 0 saturated carbocycles. The topological polar surface area (TPSA) is 46.6 Å². The van der Waals surface area contributed by atoms with Gasteiger partial charge >= 0.3 is 5.97 Å². The Labute approximate surface area is 105 Å². The molecule has 0 unspecified atom stereocenters. The van der Waals surface area contributed by atoms with Gasteiger partial charge in [-0.05, 0) is 17.9 Å². The third kappa shape index (κ3) is 1.87. The maximum Gasteiger partial charge on any atom is 0.340 e. The van der Waals surface area contributed by atoms with Crippen LogP contribution in [-0.4, -0.2) is 30.4 Å². The molecule has 16 heavy (non-hydrogen) atoms. The van der Waals surface area contributed by atoms with Crippen LogP contribution < -0.4 is 4.90 Å². The van der Waals surface area contributed by atoms with Crippen molar-refractivity contribution in [1.29, 1.82) is 0 Å². The molecule has 86 valence electrons. The molecule has 1 aliphatic heterocycles. The molecule has 1 fully saturated rings. The van der Waals surface area contributed by atoms with Crippen LogP contribution in [-0.2, 0) is 9.53 Å². The predicted molar refractivity (Wildman–Crippen MR) is 65.3 cm³/mol. The quantitative estimate of drug-likeness (QED) is 0.620. The molecule has 1 aromatic rings. The molecule has 1 atom stereocenters. The first-order valence-corrected chi connectivity index (χ1v) is 6.56. The first-order chi connectivity index (χ1) is 7.65. The van der Waals surface area contributed by atoms with Crippen molar-refractivity contribution in [2.45, 2.75) is 11.2 Å². The molecule has 1 aliphatic rings. The van der Waals surface area contributed by atoms with E-state index >= 15 is 0 Å². The van der Waals surface area contributed by atoms with Crippen molar-refractivity contribution in [2.24, 2.45) is 0 Å². The number of thiophene rings is 1. The number of carbonyl (C=O) groups is 2. The molecule has 2 heterocycles. The molecule has 0 radical (unpaired) electrons. The number of halogens is 1. The summed E-state index contributed by atoms with van der Waals surface area (Å²) in [5.74, 6) is -0.394. The Bertz CT molecular complexity index is 431. The number of hydrogen-bond acceptors (Lipinski definition) is 4. The van der Waals surface area contributed by atoms with Crippen molar-refractivity contribution in [3.8, 4) is 0 Å². The summed E-state index contributed by atoms with van der Waals surface area (Å²) in [5.41, 5.74) is 0.461. The number of rotatable bonds is 2. The summed E-state index contributed by atoms with van der Waals surface area (Å²) in [4.78, 5) is 24.8. The Hall–Kier alpha value is -0.880. The molecule has 1 saturated heterocycles. The number of methoxy groups -OCH3 is 1. The van der Waals surface area contributed by atoms with Gasteiger partial charge in [0.15, 0.2) is 0 Å². The number of ether oxygens (including phenoxy) is 1. The fourth-order valence-electron chi connectivity index (χ4n) is 1.62. The van der Waals surface area contributed by atoms with E-state index in [9.17, 15) is 9.59 Å². The number of anilines is 1. The van der Waals surface area contributed by atoms with Gasteiger partial charge in [0.05, 0.1) is 17.5 Å². The summed E-state index contributed by atoms with van der Waals surface area (Å²) < 4.78 is 4.67. The van der Waals surface area contributed by atoms with E-state index in [0.717, 1.165) is 6.42 Å². The standard InChI is InChI=1S/C10H10BrNO3S/c1-15-10(14)6-3-5-16-9(6)12-4-2-7(11)8(12)13/h3,5,7H,2,4H2,1H3/t7-/m1/s1. The van der Waals surface area contributed by atoms with Crippen LogP contribution in [0.4, 0.5) is 5.00 Å². The number of amides is 1. The molecular formula is C10H10BrNO3S. The second kappa shape index (κ2) is 4.55. The minimum absolute atomic E-state index is 0.00704. The van der Waals surface area contributed by atoms with E-state index in [1.165, 1.54) is 18.4 Å². The van der Waals surface area contributed by atoms with Crippen molar-refractivity contribution in [3.63, 3.8) is 0 Å². The number of carbonyl (C=O) groups excluding carboxylic acids is 2. The minimum atomic E-state index is -0.401. The predicted octanol–water partition coefficient (Wildman–Crippen LogP) is 2.03. The maximum atomic E-state index is 11.8. The lowest BCUT2D eigenvalue weighted by atomic mass is 10.3. The van der Waals surface area contributed by atoms with Gasteiger partial charge in [0, 0.05) is 6.54 Å². The Balaban J connectivity index is 2.31. The van der Waals surface area contributed by atoms with E-state index in [1.54, 1.807) is 16.3 Å². The first-order valence-electron chi connectivity index (χ1n) is 4.76. The van der Waals surface area contributed by atoms with Gasteiger partial charge in [-0.2, -0.15) is 0 Å². The summed E-state index contributed by atoms with van der Waals surface area (Å²) in [6, 6.07) is 1.68. The van der Waals surface area contributed by atoms with E-state index in [0.29, 0.717) is 17.1 Å². The zero-order valence-corrected chi connectivity index (χ0v) is 11.0. The molecule has 4 nitrogen and oxygen atoms in total. The molecule has 6 heteroatoms. The molecule has 0 aromatic carbocycles. The van der Waals surface area contributed by atoms with E-state index in [4.69, 9.17) is 0 Å². The van der Waals surface area contributed by atoms with E-state index in [1.807, 2.05) is 0 Å². The minimum Gasteiger partial charge on any atom is -0.465 e. The molecular weight excluding hydrogens is 294 g/mol. The van der Waals surface area contributed by atoms with Gasteiger partial charge in [-0.1, -0.05) is 15.9 Å². The molecule has 2 rings (SSSR count). The third-order valence-corrected chi connectivity index (χ3v) is 4.22. The summed E-state index contributed by atoms with van der Waals surface area (Å²) in [6.45, 7) is 0.638. The third-order valence-electron chi connectivity index (χ3n) is 2.44. The normalized spacial score (nSPS) is 20.2. The Morgan fingerprint density at radius 2 is 2.44 bits per heavy atom. The second-order valence-corrected chi connectivity index (χ2v) is 5.38. The maximum absolute atomic E-state index is 11.8. The van der Waals surface area contributed by atoms with Crippen LogP contribution >= 0.6 is 27.3 Å². The van der Waals surface area contributed by atoms with Crippen LogP contribution in [0.1, 0.15) is 16.8 Å². The molecule has 0 bridgehead atoms. The van der Waals surface area contributed by atoms with Crippen LogP contribution in [0.5, 0.6) is 0 Å². The van der Waals surface area contributed by atoms with Gasteiger partial charge in [0.1, 0.15) is 5.00 Å². The van der Waals surface area contributed by atoms with Crippen LogP contribution in [0, 0.1) is 0 Å². The molecule has 0 aliphatic carbocycles. The highest BCUT2D eigenvalue weighted by Gasteiger charge is 2.33. The van der Waals surface area contributed by atoms with Gasteiger partial charge in [-0.25, -0.2) is 4.79 Å². The Morgan fingerprint density at radius 3 is 3.00 bits per heavy atom. The van der Waals surface area contributed by atoms with Gasteiger partial charge < -0.3 is 9.64 Å². The van der Waals surface area contributed by atoms with Crippen molar-refractivity contribution >= 4 is 44.1 Å². The average Bonchev–Trinajstić information content (AvgIpc) is 2.86. The number of alkyl halides is 1. The highest BCUT2D eigenvalue weighted by atomic mass is 79.9. The molecule has 0 spiro atoms. The van der Waals surface area contributed by atoms with Gasteiger partial charge in [-0.15, -0.1) is 11.3 Å². The molecule has 1 amide bonds. The van der Waals surface area contributed by atoms with Crippen molar-refractivity contribution in [3.05, 3.63) is 17.0 Å². The van der Waals surface area contributed by atoms with Crippen molar-refractivity contribution in [1.82, 2.24) is 0 Å². The van der Waals surface area contributed by atoms with Crippen LogP contribution in [0.2, 0.25) is 0 Å². The zero-order valence-electron chi connectivity index (χ0n) is 8.60. The van der Waals surface area contributed by atoms with Gasteiger partial charge in [0.25, 0.3) is 0 Å². The van der Waals surface area contributed by atoms with Crippen molar-refractivity contribution < 1.29 is 14.3 Å². The summed E-state index contributed by atoms with van der Waals surface area (Å²) in [7, 11) is 1.34. The summed E-state index contributed by atoms with van der Waals surface area (Å²) >= 11 is 4.69. The monoisotopic (exact) mass is 303 g/mol. The van der Waals surface area contributed by atoms with Gasteiger partial charge in [-0.3, -0.25) is 4.79 Å². The first kappa shape index (κ1) is 11.6. The number of esters is 1. The molecule has 0 N–H and O–H groups in total. The lowest BCUT2D eigenvalue weighted by Crippen LogP contribution is -2.27. The van der Waals surface area contributed by atoms with E-state index in [2.05, 4.69) is 20.7 Å². The Morgan fingerprint density at radius 1 is 1.69 bits per heavy atom. The fraction of sp³-hybridized carbons (Fsp3) is 0.400. The van der Waals surface area contributed by atoms with Crippen molar-refractivity contribution in [2.75, 3.05) is 18.6 Å². The SMILES string of the molecule is COC(=O)c1ccsc1N1CC[C@@H](Br)C1=O. The van der Waals surface area contributed by atoms with Crippen LogP contribution in [0.15, 0.2) is 11.4 Å². The second-order valence-electron chi connectivity index (χ2n) is 3.38. The lowest BCUT2D eigenvalue weighted by Gasteiger charge is -2.14. The van der Waals surface area contributed by atoms with Gasteiger partial charge in [0.2, 0.25) is 5.91 Å². The zero-order chi connectivity index (χ0) is 11.7. The smallest absolute Gasteiger partial charge is 0.340 e. The summed E-state index contributed by atoms with van der Waals surface area (Å²) in [6.07, 6.45) is 0.761. The average molecular weight is 304 g/mol. The van der Waals surface area contributed by atoms with Crippen LogP contribution in [0.3, 0.4) is 0 Å². The number of hydrogen-bond donors (Lipinski definition) is 0. The summed E-state index contributed by atoms with van der Waals surface area (Å²) in [5, 5.41) is 2.47. The van der Waals surface area contributed by atoms with E-state index in [-0.39, 0.29) is 10.7 Å².